The summed E-state index contributed by atoms with van der Waals surface area (Å²) in [4.78, 5) is 45.0. The van der Waals surface area contributed by atoms with Crippen molar-refractivity contribution < 1.29 is 19.1 Å². The zero-order valence-electron chi connectivity index (χ0n) is 16.4. The summed E-state index contributed by atoms with van der Waals surface area (Å²) < 4.78 is 5.69. The summed E-state index contributed by atoms with van der Waals surface area (Å²) in [5, 5.41) is 7.44. The Morgan fingerprint density at radius 1 is 1.03 bits per heavy atom. The quantitative estimate of drug-likeness (QED) is 0.711. The maximum Gasteiger partial charge on any atom is 0.327 e. The molecule has 0 aromatic carbocycles. The van der Waals surface area contributed by atoms with Gasteiger partial charge >= 0.3 is 12.1 Å². The number of imide groups is 1. The van der Waals surface area contributed by atoms with Crippen LogP contribution in [0.4, 0.5) is 21.2 Å². The van der Waals surface area contributed by atoms with Crippen molar-refractivity contribution in [1.29, 1.82) is 0 Å². The molecular formula is C19H22N6O4. The molecule has 0 unspecified atom stereocenters. The van der Waals surface area contributed by atoms with Gasteiger partial charge in [-0.15, -0.1) is 0 Å². The van der Waals surface area contributed by atoms with E-state index in [0.717, 1.165) is 12.8 Å². The van der Waals surface area contributed by atoms with Gasteiger partial charge in [0.2, 0.25) is 5.91 Å². The third kappa shape index (κ3) is 5.41. The molecule has 10 nitrogen and oxygen atoms in total. The summed E-state index contributed by atoms with van der Waals surface area (Å²) in [6.07, 6.45) is 4.50. The SMILES string of the molecule is CN(C)C(=O)Nc1cc(Oc2ccc(NC(=O)NC(=O)C3(C)CC3)nc2)ccn1. The lowest BCUT2D eigenvalue weighted by atomic mass is 10.1. The summed E-state index contributed by atoms with van der Waals surface area (Å²) in [5.74, 6) is 1.21. The van der Waals surface area contributed by atoms with Crippen molar-refractivity contribution in [3.8, 4) is 11.5 Å². The monoisotopic (exact) mass is 398 g/mol. The van der Waals surface area contributed by atoms with E-state index in [9.17, 15) is 14.4 Å². The second-order valence-corrected chi connectivity index (χ2v) is 7.15. The van der Waals surface area contributed by atoms with Crippen LogP contribution in [-0.4, -0.2) is 46.9 Å². The number of hydrogen-bond acceptors (Lipinski definition) is 6. The maximum absolute atomic E-state index is 11.9. The number of hydrogen-bond donors (Lipinski definition) is 3. The summed E-state index contributed by atoms with van der Waals surface area (Å²) >= 11 is 0. The molecule has 5 amide bonds. The predicted molar refractivity (Wildman–Crippen MR) is 106 cm³/mol. The van der Waals surface area contributed by atoms with E-state index in [1.54, 1.807) is 38.4 Å². The van der Waals surface area contributed by atoms with E-state index < -0.39 is 11.4 Å². The van der Waals surface area contributed by atoms with Gasteiger partial charge in [0.05, 0.1) is 6.20 Å². The molecule has 0 aliphatic heterocycles. The van der Waals surface area contributed by atoms with Crippen molar-refractivity contribution in [3.63, 3.8) is 0 Å². The van der Waals surface area contributed by atoms with Crippen LogP contribution < -0.4 is 20.7 Å². The number of pyridine rings is 2. The molecule has 0 atom stereocenters. The topological polar surface area (TPSA) is 126 Å². The highest BCUT2D eigenvalue weighted by Gasteiger charge is 2.45. The number of nitrogens with zero attached hydrogens (tertiary/aromatic N) is 3. The normalized spacial score (nSPS) is 13.8. The van der Waals surface area contributed by atoms with E-state index in [0.29, 0.717) is 17.3 Å². The molecule has 3 rings (SSSR count). The summed E-state index contributed by atoms with van der Waals surface area (Å²) in [6, 6.07) is 5.44. The number of nitrogens with one attached hydrogen (secondary N) is 3. The Labute approximate surface area is 167 Å². The third-order valence-electron chi connectivity index (χ3n) is 4.36. The Hall–Kier alpha value is -3.69. The summed E-state index contributed by atoms with van der Waals surface area (Å²) in [6.45, 7) is 1.82. The van der Waals surface area contributed by atoms with Crippen molar-refractivity contribution in [2.24, 2.45) is 5.41 Å². The number of anilines is 2. The number of rotatable bonds is 5. The molecular weight excluding hydrogens is 376 g/mol. The van der Waals surface area contributed by atoms with Crippen molar-refractivity contribution in [1.82, 2.24) is 20.2 Å². The molecule has 0 radical (unpaired) electrons. The van der Waals surface area contributed by atoms with Gasteiger partial charge in [-0.2, -0.15) is 0 Å². The van der Waals surface area contributed by atoms with Crippen molar-refractivity contribution in [2.75, 3.05) is 24.7 Å². The second kappa shape index (κ2) is 8.13. The Morgan fingerprint density at radius 3 is 2.41 bits per heavy atom. The smallest absolute Gasteiger partial charge is 0.327 e. The van der Waals surface area contributed by atoms with Gasteiger partial charge in [-0.25, -0.2) is 19.6 Å². The Bertz CT molecular complexity index is 925. The van der Waals surface area contributed by atoms with Crippen molar-refractivity contribution in [2.45, 2.75) is 19.8 Å². The number of ether oxygens (including phenoxy) is 1. The van der Waals surface area contributed by atoms with E-state index in [1.807, 2.05) is 6.92 Å². The van der Waals surface area contributed by atoms with Gasteiger partial charge in [0.25, 0.3) is 0 Å². The van der Waals surface area contributed by atoms with Gasteiger partial charge < -0.3 is 9.64 Å². The van der Waals surface area contributed by atoms with Crippen LogP contribution in [0.5, 0.6) is 11.5 Å². The lowest BCUT2D eigenvalue weighted by Crippen LogP contribution is -2.38. The summed E-state index contributed by atoms with van der Waals surface area (Å²) in [7, 11) is 3.25. The molecule has 0 saturated heterocycles. The maximum atomic E-state index is 11.9. The number of carbonyl (C=O) groups is 3. The number of carbonyl (C=O) groups excluding carboxylic acids is 3. The fourth-order valence-electron chi connectivity index (χ4n) is 2.23. The lowest BCUT2D eigenvalue weighted by molar-refractivity contribution is -0.124. The molecule has 2 aromatic heterocycles. The molecule has 0 bridgehead atoms. The fourth-order valence-corrected chi connectivity index (χ4v) is 2.23. The molecule has 10 heteroatoms. The summed E-state index contributed by atoms with van der Waals surface area (Å²) in [5.41, 5.74) is -0.433. The largest absolute Gasteiger partial charge is 0.456 e. The van der Waals surface area contributed by atoms with E-state index in [2.05, 4.69) is 25.9 Å². The first kappa shape index (κ1) is 20.1. The van der Waals surface area contributed by atoms with Crippen LogP contribution in [-0.2, 0) is 4.79 Å². The van der Waals surface area contributed by atoms with Gasteiger partial charge in [0.1, 0.15) is 23.1 Å². The zero-order chi connectivity index (χ0) is 21.0. The molecule has 0 spiro atoms. The molecule has 152 valence electrons. The third-order valence-corrected chi connectivity index (χ3v) is 4.36. The molecule has 1 fully saturated rings. The lowest BCUT2D eigenvalue weighted by Gasteiger charge is -2.12. The highest BCUT2D eigenvalue weighted by atomic mass is 16.5. The van der Waals surface area contributed by atoms with Crippen LogP contribution in [0.25, 0.3) is 0 Å². The molecule has 2 aromatic rings. The van der Waals surface area contributed by atoms with Crippen LogP contribution in [0.15, 0.2) is 36.7 Å². The highest BCUT2D eigenvalue weighted by Crippen LogP contribution is 2.44. The van der Waals surface area contributed by atoms with Gasteiger partial charge in [0.15, 0.2) is 0 Å². The average molecular weight is 398 g/mol. The number of aromatic nitrogens is 2. The fraction of sp³-hybridized carbons (Fsp3) is 0.316. The zero-order valence-corrected chi connectivity index (χ0v) is 16.4. The second-order valence-electron chi connectivity index (χ2n) is 7.15. The molecule has 3 N–H and O–H groups in total. The molecule has 1 saturated carbocycles. The van der Waals surface area contributed by atoms with Gasteiger partial charge in [-0.05, 0) is 31.0 Å². The standard InChI is InChI=1S/C19H22N6O4/c1-19(7-8-19)16(26)24-17(27)22-14-5-4-13(11-21-14)29-12-6-9-20-15(10-12)23-18(28)25(2)3/h4-6,9-11H,7-8H2,1-3H3,(H,20,23,28)(H2,21,22,24,26,27). The Morgan fingerprint density at radius 2 is 1.79 bits per heavy atom. The van der Waals surface area contributed by atoms with E-state index in [-0.39, 0.29) is 17.8 Å². The van der Waals surface area contributed by atoms with Gasteiger partial charge in [-0.1, -0.05) is 6.92 Å². The van der Waals surface area contributed by atoms with Crippen LogP contribution in [0, 0.1) is 5.41 Å². The molecule has 1 aliphatic carbocycles. The van der Waals surface area contributed by atoms with Gasteiger partial charge in [0, 0.05) is 31.8 Å². The number of amides is 5. The number of urea groups is 2. The van der Waals surface area contributed by atoms with E-state index in [4.69, 9.17) is 4.74 Å². The minimum absolute atomic E-state index is 0.275. The van der Waals surface area contributed by atoms with Crippen LogP contribution in [0.2, 0.25) is 0 Å². The first-order valence-electron chi connectivity index (χ1n) is 8.96. The molecule has 29 heavy (non-hydrogen) atoms. The Kier molecular flexibility index (Phi) is 5.62. The Balaban J connectivity index is 1.56. The minimum Gasteiger partial charge on any atom is -0.456 e. The van der Waals surface area contributed by atoms with E-state index >= 15 is 0 Å². The first-order valence-corrected chi connectivity index (χ1v) is 8.96. The molecule has 1 aliphatic rings. The predicted octanol–water partition coefficient (Wildman–Crippen LogP) is 2.81. The van der Waals surface area contributed by atoms with E-state index in [1.165, 1.54) is 17.3 Å². The molecule has 2 heterocycles. The van der Waals surface area contributed by atoms with Crippen LogP contribution in [0.1, 0.15) is 19.8 Å². The minimum atomic E-state index is -0.625. The highest BCUT2D eigenvalue weighted by molar-refractivity contribution is 6.03. The van der Waals surface area contributed by atoms with Crippen molar-refractivity contribution in [3.05, 3.63) is 36.7 Å². The van der Waals surface area contributed by atoms with Crippen LogP contribution >= 0.6 is 0 Å². The first-order chi connectivity index (χ1) is 13.7. The average Bonchev–Trinajstić information content (AvgIpc) is 3.42. The van der Waals surface area contributed by atoms with Gasteiger partial charge in [-0.3, -0.25) is 20.7 Å². The van der Waals surface area contributed by atoms with Crippen molar-refractivity contribution >= 4 is 29.6 Å². The van der Waals surface area contributed by atoms with Crippen LogP contribution in [0.3, 0.4) is 0 Å².